The highest BCUT2D eigenvalue weighted by atomic mass is 79.9. The average Bonchev–Trinajstić information content (AvgIpc) is 3.27. The van der Waals surface area contributed by atoms with E-state index >= 15 is 0 Å². The maximum absolute atomic E-state index is 5.74. The number of nitrogens with zero attached hydrogens (tertiary/aromatic N) is 3. The summed E-state index contributed by atoms with van der Waals surface area (Å²) < 4.78 is 9.95. The Bertz CT molecular complexity index is 1060. The van der Waals surface area contributed by atoms with Crippen molar-refractivity contribution in [1.29, 1.82) is 0 Å². The molecular formula is C20H24Br2N4OSi. The first-order valence-corrected chi connectivity index (χ1v) is 14.4. The second-order valence-corrected chi connectivity index (χ2v) is 15.0. The third kappa shape index (κ3) is 5.53. The first kappa shape index (κ1) is 21.2. The van der Waals surface area contributed by atoms with Crippen molar-refractivity contribution < 1.29 is 4.74 Å². The van der Waals surface area contributed by atoms with Crippen LogP contribution in [-0.2, 0) is 11.5 Å². The van der Waals surface area contributed by atoms with Gasteiger partial charge in [-0.25, -0.2) is 9.97 Å². The predicted molar refractivity (Wildman–Crippen MR) is 125 cm³/mol. The summed E-state index contributed by atoms with van der Waals surface area (Å²) in [5.74, 6) is 0. The minimum atomic E-state index is -0.999. The molecule has 0 saturated carbocycles. The minimum absolute atomic E-state index is 0.581. The molecule has 0 saturated heterocycles. The van der Waals surface area contributed by atoms with E-state index in [1.807, 2.05) is 41.4 Å². The number of hydrogen-bond donors (Lipinski definition) is 1. The van der Waals surface area contributed by atoms with E-state index in [0.29, 0.717) is 6.73 Å². The fraction of sp³-hybridized carbons (Fsp3) is 0.300. The second-order valence-electron chi connectivity index (χ2n) is 7.70. The molecule has 0 atom stereocenters. The molecule has 148 valence electrons. The molecule has 0 bridgehead atoms. The van der Waals surface area contributed by atoms with Gasteiger partial charge in [-0.05, 0) is 62.2 Å². The summed E-state index contributed by atoms with van der Waals surface area (Å²) in [5, 5.41) is 2.26. The van der Waals surface area contributed by atoms with Crippen LogP contribution in [0.4, 0.5) is 0 Å². The molecule has 4 aromatic heterocycles. The van der Waals surface area contributed by atoms with Crippen molar-refractivity contribution >= 4 is 62.0 Å². The lowest BCUT2D eigenvalue weighted by atomic mass is 10.3. The summed E-state index contributed by atoms with van der Waals surface area (Å²) >= 11 is 6.95. The number of aromatic nitrogens is 4. The number of H-pyrrole nitrogens is 1. The number of pyridine rings is 2. The third-order valence-corrected chi connectivity index (χ3v) is 7.33. The summed E-state index contributed by atoms with van der Waals surface area (Å²) in [6.07, 6.45) is 7.48. The maximum Gasteiger partial charge on any atom is 0.142 e. The molecule has 0 aliphatic heterocycles. The van der Waals surface area contributed by atoms with E-state index in [9.17, 15) is 0 Å². The van der Waals surface area contributed by atoms with Crippen molar-refractivity contribution in [2.24, 2.45) is 0 Å². The van der Waals surface area contributed by atoms with Crippen molar-refractivity contribution in [3.05, 3.63) is 58.0 Å². The Hall–Kier alpha value is -1.48. The number of aromatic amines is 1. The SMILES string of the molecule is Brc1ccnc2[nH]ccc12.C[Si](C)(C)CCOCn1ccc2c(Br)ccnc21. The lowest BCUT2D eigenvalue weighted by molar-refractivity contribution is 0.0899. The molecule has 8 heteroatoms. The highest BCUT2D eigenvalue weighted by Crippen LogP contribution is 2.23. The largest absolute Gasteiger partial charge is 0.361 e. The Balaban J connectivity index is 0.000000188. The van der Waals surface area contributed by atoms with E-state index < -0.39 is 8.07 Å². The molecule has 0 aliphatic rings. The molecule has 4 aromatic rings. The van der Waals surface area contributed by atoms with Crippen LogP contribution in [-0.4, -0.2) is 34.2 Å². The second kappa shape index (κ2) is 9.34. The minimum Gasteiger partial charge on any atom is -0.361 e. The molecule has 0 radical (unpaired) electrons. The summed E-state index contributed by atoms with van der Waals surface area (Å²) in [4.78, 5) is 11.5. The maximum atomic E-state index is 5.74. The molecule has 0 fully saturated rings. The Morgan fingerprint density at radius 2 is 1.71 bits per heavy atom. The fourth-order valence-electron chi connectivity index (χ4n) is 2.63. The van der Waals surface area contributed by atoms with Gasteiger partial charge in [0.2, 0.25) is 0 Å². The van der Waals surface area contributed by atoms with Crippen LogP contribution in [0.15, 0.2) is 58.0 Å². The summed E-state index contributed by atoms with van der Waals surface area (Å²) in [6, 6.07) is 9.14. The smallest absolute Gasteiger partial charge is 0.142 e. The van der Waals surface area contributed by atoms with Crippen molar-refractivity contribution in [3.8, 4) is 0 Å². The highest BCUT2D eigenvalue weighted by molar-refractivity contribution is 9.11. The standard InChI is InChI=1S/C13H19BrN2OSi.C7H5BrN2/c1-18(2,3)9-8-17-10-16-7-5-11-12(14)4-6-15-13(11)16;8-6-2-4-10-7-5(6)1-3-9-7/h4-7H,8-10H2,1-3H3;1-4H,(H,9,10). The quantitative estimate of drug-likeness (QED) is 0.242. The van der Waals surface area contributed by atoms with Crippen LogP contribution in [0.5, 0.6) is 0 Å². The normalized spacial score (nSPS) is 11.6. The zero-order valence-electron chi connectivity index (χ0n) is 16.2. The number of halogens is 2. The highest BCUT2D eigenvalue weighted by Gasteiger charge is 2.12. The summed E-state index contributed by atoms with van der Waals surface area (Å²) in [7, 11) is -0.999. The van der Waals surface area contributed by atoms with Gasteiger partial charge >= 0.3 is 0 Å². The Morgan fingerprint density at radius 3 is 2.43 bits per heavy atom. The lowest BCUT2D eigenvalue weighted by Gasteiger charge is -2.15. The summed E-state index contributed by atoms with van der Waals surface area (Å²) in [6.45, 7) is 8.50. The number of ether oxygens (including phenoxy) is 1. The zero-order chi connectivity index (χ0) is 20.1. The van der Waals surface area contributed by atoms with E-state index in [-0.39, 0.29) is 0 Å². The number of rotatable bonds is 5. The first-order chi connectivity index (χ1) is 13.3. The van der Waals surface area contributed by atoms with Crippen molar-refractivity contribution in [2.45, 2.75) is 32.4 Å². The molecule has 4 heterocycles. The molecular weight excluding hydrogens is 500 g/mol. The van der Waals surface area contributed by atoms with Gasteiger partial charge in [0.05, 0.1) is 0 Å². The van der Waals surface area contributed by atoms with Gasteiger partial charge in [0.1, 0.15) is 18.0 Å². The van der Waals surface area contributed by atoms with Gasteiger partial charge in [-0.2, -0.15) is 0 Å². The molecule has 1 N–H and O–H groups in total. The van der Waals surface area contributed by atoms with Crippen LogP contribution >= 0.6 is 31.9 Å². The van der Waals surface area contributed by atoms with E-state index in [1.54, 1.807) is 6.20 Å². The monoisotopic (exact) mass is 522 g/mol. The van der Waals surface area contributed by atoms with Gasteiger partial charge in [0, 0.05) is 59.2 Å². The first-order valence-electron chi connectivity index (χ1n) is 9.10. The van der Waals surface area contributed by atoms with Crippen LogP contribution in [0.1, 0.15) is 0 Å². The van der Waals surface area contributed by atoms with Gasteiger partial charge in [-0.3, -0.25) is 0 Å². The van der Waals surface area contributed by atoms with E-state index in [4.69, 9.17) is 4.74 Å². The number of fused-ring (bicyclic) bond motifs is 2. The average molecular weight is 524 g/mol. The Labute approximate surface area is 182 Å². The molecule has 4 rings (SSSR count). The molecule has 0 aromatic carbocycles. The topological polar surface area (TPSA) is 55.7 Å². The predicted octanol–water partition coefficient (Wildman–Crippen LogP) is 6.44. The molecule has 0 unspecified atom stereocenters. The van der Waals surface area contributed by atoms with Crippen LogP contribution < -0.4 is 0 Å². The van der Waals surface area contributed by atoms with Gasteiger partial charge in [-0.15, -0.1) is 0 Å². The van der Waals surface area contributed by atoms with Gasteiger partial charge in [-0.1, -0.05) is 19.6 Å². The lowest BCUT2D eigenvalue weighted by Crippen LogP contribution is -2.22. The van der Waals surface area contributed by atoms with Crippen LogP contribution in [0.2, 0.25) is 25.7 Å². The van der Waals surface area contributed by atoms with Crippen LogP contribution in [0, 0.1) is 0 Å². The van der Waals surface area contributed by atoms with E-state index in [0.717, 1.165) is 37.6 Å². The van der Waals surface area contributed by atoms with Crippen molar-refractivity contribution in [3.63, 3.8) is 0 Å². The van der Waals surface area contributed by atoms with Crippen molar-refractivity contribution in [2.75, 3.05) is 6.61 Å². The Kier molecular flexibility index (Phi) is 7.08. The van der Waals surface area contributed by atoms with Crippen LogP contribution in [0.25, 0.3) is 22.1 Å². The Morgan fingerprint density at radius 1 is 1.00 bits per heavy atom. The molecule has 28 heavy (non-hydrogen) atoms. The molecule has 0 spiro atoms. The summed E-state index contributed by atoms with van der Waals surface area (Å²) in [5.41, 5.74) is 1.90. The zero-order valence-corrected chi connectivity index (χ0v) is 20.4. The number of nitrogens with one attached hydrogen (secondary N) is 1. The molecule has 0 amide bonds. The van der Waals surface area contributed by atoms with Gasteiger partial charge in [0.25, 0.3) is 0 Å². The molecule has 5 nitrogen and oxygen atoms in total. The van der Waals surface area contributed by atoms with Gasteiger partial charge in [0.15, 0.2) is 0 Å². The van der Waals surface area contributed by atoms with E-state index in [1.165, 1.54) is 6.04 Å². The van der Waals surface area contributed by atoms with E-state index in [2.05, 4.69) is 72.5 Å². The third-order valence-electron chi connectivity index (χ3n) is 4.24. The van der Waals surface area contributed by atoms with Crippen molar-refractivity contribution in [1.82, 2.24) is 19.5 Å². The number of hydrogen-bond acceptors (Lipinski definition) is 3. The van der Waals surface area contributed by atoms with Crippen LogP contribution in [0.3, 0.4) is 0 Å². The van der Waals surface area contributed by atoms with Gasteiger partial charge < -0.3 is 14.3 Å². The molecule has 0 aliphatic carbocycles. The fourth-order valence-corrected chi connectivity index (χ4v) is 4.25.